The normalized spacial score (nSPS) is 21.6. The molecule has 0 aromatic carbocycles. The molecule has 0 radical (unpaired) electrons. The van der Waals surface area contributed by atoms with Crippen LogP contribution in [0.15, 0.2) is 12.1 Å². The van der Waals surface area contributed by atoms with E-state index < -0.39 is 0 Å². The van der Waals surface area contributed by atoms with Gasteiger partial charge in [-0.3, -0.25) is 9.59 Å². The molecule has 0 aliphatic heterocycles. The van der Waals surface area contributed by atoms with E-state index in [0.717, 1.165) is 25.7 Å². The molecule has 1 aromatic rings. The molecule has 0 saturated heterocycles. The maximum Gasteiger partial charge on any atom is 0.273 e. The van der Waals surface area contributed by atoms with Crippen molar-refractivity contribution in [2.24, 2.45) is 11.7 Å². The van der Waals surface area contributed by atoms with E-state index in [1.54, 1.807) is 26.2 Å². The number of carbonyl (C=O) groups is 2. The van der Waals surface area contributed by atoms with Crippen molar-refractivity contribution in [2.45, 2.75) is 31.7 Å². The van der Waals surface area contributed by atoms with E-state index in [4.69, 9.17) is 5.73 Å². The fourth-order valence-corrected chi connectivity index (χ4v) is 2.48. The van der Waals surface area contributed by atoms with Crippen LogP contribution in [0.3, 0.4) is 0 Å². The third-order valence-electron chi connectivity index (χ3n) is 3.77. The molecule has 2 rings (SSSR count). The predicted molar refractivity (Wildman–Crippen MR) is 78.6 cm³/mol. The lowest BCUT2D eigenvalue weighted by molar-refractivity contribution is -0.122. The lowest BCUT2D eigenvalue weighted by Gasteiger charge is -2.27. The van der Waals surface area contributed by atoms with Crippen LogP contribution >= 0.6 is 0 Å². The SMILES string of the molecule is CN(C)C(=O)c1ccc(NC2CCC(C(N)=O)CC2)nn1. The van der Waals surface area contributed by atoms with Crippen molar-refractivity contribution in [3.8, 4) is 0 Å². The van der Waals surface area contributed by atoms with Crippen molar-refractivity contribution in [2.75, 3.05) is 19.4 Å². The van der Waals surface area contributed by atoms with Gasteiger partial charge in [0, 0.05) is 26.1 Å². The Morgan fingerprint density at radius 2 is 1.86 bits per heavy atom. The summed E-state index contributed by atoms with van der Waals surface area (Å²) in [6.07, 6.45) is 3.37. The standard InChI is InChI=1S/C14H21N5O2/c1-19(2)14(21)11-7-8-12(18-17-11)16-10-5-3-9(4-6-10)13(15)20/h7-10H,3-6H2,1-2H3,(H2,15,20)(H,16,18). The number of amides is 2. The Balaban J connectivity index is 1.90. The van der Waals surface area contributed by atoms with Gasteiger partial charge < -0.3 is 16.0 Å². The zero-order valence-electron chi connectivity index (χ0n) is 12.4. The summed E-state index contributed by atoms with van der Waals surface area (Å²) in [5.41, 5.74) is 5.64. The lowest BCUT2D eigenvalue weighted by Crippen LogP contribution is -2.32. The zero-order valence-corrected chi connectivity index (χ0v) is 12.4. The van der Waals surface area contributed by atoms with E-state index in [9.17, 15) is 9.59 Å². The third kappa shape index (κ3) is 3.90. The summed E-state index contributed by atoms with van der Waals surface area (Å²) in [6.45, 7) is 0. The van der Waals surface area contributed by atoms with E-state index in [0.29, 0.717) is 11.5 Å². The highest BCUT2D eigenvalue weighted by molar-refractivity contribution is 5.91. The minimum atomic E-state index is -0.209. The monoisotopic (exact) mass is 291 g/mol. The second-order valence-electron chi connectivity index (χ2n) is 5.60. The quantitative estimate of drug-likeness (QED) is 0.847. The molecule has 1 aromatic heterocycles. The molecule has 1 aliphatic carbocycles. The Bertz CT molecular complexity index is 507. The molecule has 1 heterocycles. The average molecular weight is 291 g/mol. The van der Waals surface area contributed by atoms with Gasteiger partial charge in [-0.15, -0.1) is 10.2 Å². The number of carbonyl (C=O) groups excluding carboxylic acids is 2. The van der Waals surface area contributed by atoms with Gasteiger partial charge >= 0.3 is 0 Å². The summed E-state index contributed by atoms with van der Waals surface area (Å²) in [6, 6.07) is 3.68. The molecule has 1 saturated carbocycles. The van der Waals surface area contributed by atoms with Crippen LogP contribution in [0.5, 0.6) is 0 Å². The topological polar surface area (TPSA) is 101 Å². The number of primary amides is 1. The molecule has 0 atom stereocenters. The number of anilines is 1. The minimum absolute atomic E-state index is 0.00535. The number of hydrogen-bond acceptors (Lipinski definition) is 5. The van der Waals surface area contributed by atoms with Gasteiger partial charge in [0.05, 0.1) is 0 Å². The Labute approximate surface area is 123 Å². The lowest BCUT2D eigenvalue weighted by atomic mass is 9.85. The maximum atomic E-state index is 11.7. The summed E-state index contributed by atoms with van der Waals surface area (Å²) < 4.78 is 0. The van der Waals surface area contributed by atoms with Gasteiger partial charge in [0.25, 0.3) is 5.91 Å². The Kier molecular flexibility index (Phi) is 4.72. The van der Waals surface area contributed by atoms with Gasteiger partial charge in [0.1, 0.15) is 5.82 Å². The van der Waals surface area contributed by atoms with E-state index in [2.05, 4.69) is 15.5 Å². The second-order valence-corrected chi connectivity index (χ2v) is 5.60. The molecule has 21 heavy (non-hydrogen) atoms. The molecule has 1 fully saturated rings. The predicted octanol–water partition coefficient (Wildman–Crippen LogP) is 0.634. The molecule has 0 unspecified atom stereocenters. The highest BCUT2D eigenvalue weighted by Gasteiger charge is 2.24. The molecular weight excluding hydrogens is 270 g/mol. The smallest absolute Gasteiger partial charge is 0.273 e. The summed E-state index contributed by atoms with van der Waals surface area (Å²) >= 11 is 0. The minimum Gasteiger partial charge on any atom is -0.369 e. The molecular formula is C14H21N5O2. The van der Waals surface area contributed by atoms with Gasteiger partial charge in [0.15, 0.2) is 5.69 Å². The Hall–Kier alpha value is -2.18. The number of hydrogen-bond donors (Lipinski definition) is 2. The van der Waals surface area contributed by atoms with E-state index in [-0.39, 0.29) is 23.8 Å². The second kappa shape index (κ2) is 6.51. The van der Waals surface area contributed by atoms with Crippen molar-refractivity contribution < 1.29 is 9.59 Å². The van der Waals surface area contributed by atoms with E-state index in [1.807, 2.05) is 0 Å². The number of rotatable bonds is 4. The number of aromatic nitrogens is 2. The fraction of sp³-hybridized carbons (Fsp3) is 0.571. The summed E-state index contributed by atoms with van der Waals surface area (Å²) in [5, 5.41) is 11.2. The van der Waals surface area contributed by atoms with Crippen molar-refractivity contribution in [1.29, 1.82) is 0 Å². The van der Waals surface area contributed by atoms with Gasteiger partial charge in [-0.2, -0.15) is 0 Å². The van der Waals surface area contributed by atoms with Crippen LogP contribution in [0.1, 0.15) is 36.2 Å². The highest BCUT2D eigenvalue weighted by Crippen LogP contribution is 2.25. The van der Waals surface area contributed by atoms with Crippen molar-refractivity contribution in [1.82, 2.24) is 15.1 Å². The van der Waals surface area contributed by atoms with Crippen LogP contribution in [0.4, 0.5) is 5.82 Å². The fourth-order valence-electron chi connectivity index (χ4n) is 2.48. The third-order valence-corrected chi connectivity index (χ3v) is 3.77. The molecule has 7 heteroatoms. The first-order valence-electron chi connectivity index (χ1n) is 7.08. The van der Waals surface area contributed by atoms with Crippen LogP contribution in [0.25, 0.3) is 0 Å². The first-order valence-corrected chi connectivity index (χ1v) is 7.08. The average Bonchev–Trinajstić information content (AvgIpc) is 2.47. The van der Waals surface area contributed by atoms with E-state index >= 15 is 0 Å². The van der Waals surface area contributed by atoms with Crippen molar-refractivity contribution in [3.05, 3.63) is 17.8 Å². The zero-order chi connectivity index (χ0) is 15.4. The molecule has 0 spiro atoms. The van der Waals surface area contributed by atoms with Crippen LogP contribution < -0.4 is 11.1 Å². The molecule has 7 nitrogen and oxygen atoms in total. The molecule has 2 amide bonds. The van der Waals surface area contributed by atoms with Gasteiger partial charge in [0.2, 0.25) is 5.91 Å². The van der Waals surface area contributed by atoms with Gasteiger partial charge in [-0.25, -0.2) is 0 Å². The summed E-state index contributed by atoms with van der Waals surface area (Å²) in [5.74, 6) is 0.262. The summed E-state index contributed by atoms with van der Waals surface area (Å²) in [4.78, 5) is 24.3. The van der Waals surface area contributed by atoms with E-state index in [1.165, 1.54) is 4.90 Å². The molecule has 0 bridgehead atoms. The first kappa shape index (κ1) is 15.2. The first-order chi connectivity index (χ1) is 9.97. The van der Waals surface area contributed by atoms with Crippen molar-refractivity contribution >= 4 is 17.6 Å². The Morgan fingerprint density at radius 3 is 2.33 bits per heavy atom. The van der Waals surface area contributed by atoms with Crippen LogP contribution in [-0.2, 0) is 4.79 Å². The van der Waals surface area contributed by atoms with Crippen LogP contribution in [-0.4, -0.2) is 47.0 Å². The molecule has 3 N–H and O–H groups in total. The number of nitrogens with one attached hydrogen (secondary N) is 1. The largest absolute Gasteiger partial charge is 0.369 e. The van der Waals surface area contributed by atoms with Gasteiger partial charge in [-0.05, 0) is 37.8 Å². The summed E-state index contributed by atoms with van der Waals surface area (Å²) in [7, 11) is 3.35. The van der Waals surface area contributed by atoms with Crippen LogP contribution in [0.2, 0.25) is 0 Å². The Morgan fingerprint density at radius 1 is 1.19 bits per heavy atom. The van der Waals surface area contributed by atoms with Crippen LogP contribution in [0, 0.1) is 5.92 Å². The highest BCUT2D eigenvalue weighted by atomic mass is 16.2. The van der Waals surface area contributed by atoms with Crippen molar-refractivity contribution in [3.63, 3.8) is 0 Å². The molecule has 114 valence electrons. The molecule has 1 aliphatic rings. The number of nitrogens with zero attached hydrogens (tertiary/aromatic N) is 3. The maximum absolute atomic E-state index is 11.7. The number of nitrogens with two attached hydrogens (primary N) is 1. The van der Waals surface area contributed by atoms with Gasteiger partial charge in [-0.1, -0.05) is 0 Å².